The van der Waals surface area contributed by atoms with Crippen molar-refractivity contribution in [3.63, 3.8) is 0 Å². The van der Waals surface area contributed by atoms with Crippen LogP contribution >= 0.6 is 0 Å². The molecule has 2 rings (SSSR count). The fourth-order valence-electron chi connectivity index (χ4n) is 1.78. The standard InChI is InChI=1S/C10H12N4O2/c1-12(2)8-5-4-7-6-11-13(3)9(7)10(8)14(15)16/h4-6H,1-3H3. The fourth-order valence-corrected chi connectivity index (χ4v) is 1.78. The van der Waals surface area contributed by atoms with Gasteiger partial charge in [0.2, 0.25) is 0 Å². The van der Waals surface area contributed by atoms with Gasteiger partial charge in [-0.3, -0.25) is 14.8 Å². The molecule has 6 heteroatoms. The average Bonchev–Trinajstić information content (AvgIpc) is 2.59. The van der Waals surface area contributed by atoms with Gasteiger partial charge in [-0.05, 0) is 12.1 Å². The van der Waals surface area contributed by atoms with Crippen molar-refractivity contribution < 1.29 is 4.92 Å². The van der Waals surface area contributed by atoms with Crippen molar-refractivity contribution >= 4 is 22.3 Å². The van der Waals surface area contributed by atoms with Crippen LogP contribution < -0.4 is 4.90 Å². The molecule has 0 aliphatic carbocycles. The van der Waals surface area contributed by atoms with Gasteiger partial charge in [0, 0.05) is 26.5 Å². The predicted octanol–water partition coefficient (Wildman–Crippen LogP) is 1.55. The molecule has 0 aliphatic heterocycles. The zero-order valence-electron chi connectivity index (χ0n) is 9.34. The second kappa shape index (κ2) is 3.48. The first-order valence-corrected chi connectivity index (χ1v) is 4.79. The lowest BCUT2D eigenvalue weighted by Gasteiger charge is -2.13. The summed E-state index contributed by atoms with van der Waals surface area (Å²) in [6, 6.07) is 3.58. The highest BCUT2D eigenvalue weighted by molar-refractivity contribution is 5.93. The SMILES string of the molecule is CN(C)c1ccc2cnn(C)c2c1[N+](=O)[O-]. The van der Waals surface area contributed by atoms with Crippen molar-refractivity contribution in [3.8, 4) is 0 Å². The Balaban J connectivity index is 2.88. The molecular formula is C10H12N4O2. The quantitative estimate of drug-likeness (QED) is 0.569. The Labute approximate surface area is 92.2 Å². The molecule has 0 unspecified atom stereocenters. The normalized spacial score (nSPS) is 10.7. The number of fused-ring (bicyclic) bond motifs is 1. The van der Waals surface area contributed by atoms with E-state index in [0.717, 1.165) is 5.39 Å². The molecule has 1 aromatic heterocycles. The van der Waals surface area contributed by atoms with Gasteiger partial charge in [0.05, 0.1) is 11.1 Å². The van der Waals surface area contributed by atoms with Gasteiger partial charge in [-0.15, -0.1) is 0 Å². The first kappa shape index (κ1) is 10.4. The Hall–Kier alpha value is -2.11. The molecule has 0 bridgehead atoms. The minimum Gasteiger partial charge on any atom is -0.372 e. The molecule has 16 heavy (non-hydrogen) atoms. The molecular weight excluding hydrogens is 208 g/mol. The van der Waals surface area contributed by atoms with Gasteiger partial charge >= 0.3 is 5.69 Å². The molecule has 0 saturated heterocycles. The molecule has 84 valence electrons. The van der Waals surface area contributed by atoms with Crippen LogP contribution in [0.25, 0.3) is 10.9 Å². The lowest BCUT2D eigenvalue weighted by Crippen LogP contribution is -2.11. The summed E-state index contributed by atoms with van der Waals surface area (Å²) in [7, 11) is 5.27. The summed E-state index contributed by atoms with van der Waals surface area (Å²) in [6.07, 6.45) is 1.63. The van der Waals surface area contributed by atoms with Crippen LogP contribution in [-0.2, 0) is 7.05 Å². The van der Waals surface area contributed by atoms with Gasteiger partial charge in [-0.25, -0.2) is 0 Å². The first-order chi connectivity index (χ1) is 7.52. The van der Waals surface area contributed by atoms with Crippen LogP contribution in [0.4, 0.5) is 11.4 Å². The molecule has 0 N–H and O–H groups in total. The number of aryl methyl sites for hydroxylation is 1. The lowest BCUT2D eigenvalue weighted by molar-refractivity contribution is -0.382. The number of rotatable bonds is 2. The van der Waals surface area contributed by atoms with Gasteiger partial charge in [-0.2, -0.15) is 5.10 Å². The summed E-state index contributed by atoms with van der Waals surface area (Å²) < 4.78 is 1.53. The van der Waals surface area contributed by atoms with Crippen molar-refractivity contribution in [2.45, 2.75) is 0 Å². The van der Waals surface area contributed by atoms with Crippen LogP contribution in [0.2, 0.25) is 0 Å². The molecule has 1 heterocycles. The zero-order chi connectivity index (χ0) is 11.9. The minimum absolute atomic E-state index is 0.0995. The van der Waals surface area contributed by atoms with Gasteiger partial charge < -0.3 is 4.90 Å². The van der Waals surface area contributed by atoms with E-state index in [1.165, 1.54) is 4.68 Å². The second-order valence-electron chi connectivity index (χ2n) is 3.79. The third-order valence-corrected chi connectivity index (χ3v) is 2.52. The lowest BCUT2D eigenvalue weighted by atomic mass is 10.2. The predicted molar refractivity (Wildman–Crippen MR) is 61.7 cm³/mol. The van der Waals surface area contributed by atoms with Gasteiger partial charge in [0.25, 0.3) is 0 Å². The fraction of sp³-hybridized carbons (Fsp3) is 0.300. The van der Waals surface area contributed by atoms with Crippen LogP contribution in [-0.4, -0.2) is 28.8 Å². The van der Waals surface area contributed by atoms with E-state index in [1.807, 2.05) is 6.07 Å². The number of nitro benzene ring substituents is 1. The van der Waals surface area contributed by atoms with Gasteiger partial charge in [0.1, 0.15) is 11.2 Å². The average molecular weight is 220 g/mol. The van der Waals surface area contributed by atoms with Crippen molar-refractivity contribution in [3.05, 3.63) is 28.4 Å². The Morgan fingerprint density at radius 2 is 2.12 bits per heavy atom. The van der Waals surface area contributed by atoms with Crippen molar-refractivity contribution in [1.82, 2.24) is 9.78 Å². The largest absolute Gasteiger partial charge is 0.372 e. The Morgan fingerprint density at radius 3 is 2.69 bits per heavy atom. The number of hydrogen-bond donors (Lipinski definition) is 0. The number of nitro groups is 1. The maximum Gasteiger partial charge on any atom is 0.318 e. The molecule has 2 aromatic rings. The highest BCUT2D eigenvalue weighted by Gasteiger charge is 2.22. The molecule has 0 spiro atoms. The second-order valence-corrected chi connectivity index (χ2v) is 3.79. The Kier molecular flexibility index (Phi) is 2.26. The zero-order valence-corrected chi connectivity index (χ0v) is 9.34. The third kappa shape index (κ3) is 1.39. The molecule has 0 radical (unpaired) electrons. The highest BCUT2D eigenvalue weighted by Crippen LogP contribution is 2.34. The van der Waals surface area contributed by atoms with E-state index in [-0.39, 0.29) is 10.6 Å². The summed E-state index contributed by atoms with van der Waals surface area (Å²) in [5.74, 6) is 0. The van der Waals surface area contributed by atoms with Crippen LogP contribution in [0.5, 0.6) is 0 Å². The summed E-state index contributed by atoms with van der Waals surface area (Å²) in [4.78, 5) is 12.5. The van der Waals surface area contributed by atoms with E-state index in [0.29, 0.717) is 11.2 Å². The van der Waals surface area contributed by atoms with Crippen LogP contribution in [0.3, 0.4) is 0 Å². The summed E-state index contributed by atoms with van der Waals surface area (Å²) in [5.41, 5.74) is 1.24. The van der Waals surface area contributed by atoms with Crippen molar-refractivity contribution in [1.29, 1.82) is 0 Å². The monoisotopic (exact) mass is 220 g/mol. The molecule has 1 aromatic carbocycles. The number of aromatic nitrogens is 2. The van der Waals surface area contributed by atoms with Gasteiger partial charge in [0.15, 0.2) is 0 Å². The van der Waals surface area contributed by atoms with E-state index in [9.17, 15) is 10.1 Å². The number of anilines is 1. The van der Waals surface area contributed by atoms with E-state index in [1.54, 1.807) is 38.3 Å². The van der Waals surface area contributed by atoms with Crippen molar-refractivity contribution in [2.24, 2.45) is 7.05 Å². The number of nitrogens with zero attached hydrogens (tertiary/aromatic N) is 4. The molecule has 0 atom stereocenters. The first-order valence-electron chi connectivity index (χ1n) is 4.79. The van der Waals surface area contributed by atoms with Gasteiger partial charge in [-0.1, -0.05) is 0 Å². The van der Waals surface area contributed by atoms with Crippen molar-refractivity contribution in [2.75, 3.05) is 19.0 Å². The van der Waals surface area contributed by atoms with E-state index < -0.39 is 0 Å². The van der Waals surface area contributed by atoms with E-state index >= 15 is 0 Å². The third-order valence-electron chi connectivity index (χ3n) is 2.52. The summed E-state index contributed by atoms with van der Waals surface area (Å²) >= 11 is 0. The molecule has 6 nitrogen and oxygen atoms in total. The molecule has 0 fully saturated rings. The number of hydrogen-bond acceptors (Lipinski definition) is 4. The van der Waals surface area contributed by atoms with Crippen LogP contribution in [0, 0.1) is 10.1 Å². The maximum atomic E-state index is 11.1. The summed E-state index contributed by atoms with van der Waals surface area (Å²) in [5, 5.41) is 15.9. The smallest absolute Gasteiger partial charge is 0.318 e. The maximum absolute atomic E-state index is 11.1. The number of benzene rings is 1. The highest BCUT2D eigenvalue weighted by atomic mass is 16.6. The van der Waals surface area contributed by atoms with Crippen LogP contribution in [0.15, 0.2) is 18.3 Å². The summed E-state index contributed by atoms with van der Waals surface area (Å²) in [6.45, 7) is 0. The molecule has 0 aliphatic rings. The Bertz CT molecular complexity index is 559. The molecule has 0 saturated carbocycles. The van der Waals surface area contributed by atoms with Crippen LogP contribution in [0.1, 0.15) is 0 Å². The van der Waals surface area contributed by atoms with E-state index in [4.69, 9.17) is 0 Å². The molecule has 0 amide bonds. The topological polar surface area (TPSA) is 64.2 Å². The van der Waals surface area contributed by atoms with E-state index in [2.05, 4.69) is 5.10 Å². The Morgan fingerprint density at radius 1 is 1.44 bits per heavy atom. The minimum atomic E-state index is -0.362.